The number of ether oxygens (including phenoxy) is 1. The Morgan fingerprint density at radius 1 is 1.33 bits per heavy atom. The molecular formula is C17H27N3O. The molecule has 0 spiro atoms. The summed E-state index contributed by atoms with van der Waals surface area (Å²) in [6.45, 7) is 7.28. The quantitative estimate of drug-likeness (QED) is 0.873. The second-order valence-electron chi connectivity index (χ2n) is 6.22. The van der Waals surface area contributed by atoms with Gasteiger partial charge in [0.25, 0.3) is 0 Å². The van der Waals surface area contributed by atoms with E-state index in [-0.39, 0.29) is 0 Å². The topological polar surface area (TPSA) is 36.5 Å². The predicted molar refractivity (Wildman–Crippen MR) is 88.2 cm³/mol. The van der Waals surface area contributed by atoms with E-state index in [2.05, 4.69) is 46.7 Å². The first-order valence-corrected chi connectivity index (χ1v) is 8.24. The van der Waals surface area contributed by atoms with Gasteiger partial charge in [0.15, 0.2) is 0 Å². The van der Waals surface area contributed by atoms with Gasteiger partial charge in [-0.05, 0) is 38.3 Å². The van der Waals surface area contributed by atoms with Crippen LogP contribution in [0, 0.1) is 0 Å². The number of para-hydroxylation sites is 2. The highest BCUT2D eigenvalue weighted by atomic mass is 16.5. The van der Waals surface area contributed by atoms with E-state index in [1.54, 1.807) is 0 Å². The van der Waals surface area contributed by atoms with Crippen LogP contribution in [0.2, 0.25) is 0 Å². The number of benzene rings is 1. The predicted octanol–water partition coefficient (Wildman–Crippen LogP) is 2.47. The standard InChI is InChI=1S/C17H27N3O/c1-14(12-15-13-21-11-8-18-15)19-16-6-2-3-7-17(16)20-9-4-5-10-20/h2-3,6-7,14-15,18-19H,4-5,8-13H2,1H3. The summed E-state index contributed by atoms with van der Waals surface area (Å²) in [5.74, 6) is 0. The molecule has 2 fully saturated rings. The van der Waals surface area contributed by atoms with Gasteiger partial charge in [-0.1, -0.05) is 12.1 Å². The summed E-state index contributed by atoms with van der Waals surface area (Å²) in [7, 11) is 0. The van der Waals surface area contributed by atoms with E-state index in [0.29, 0.717) is 12.1 Å². The number of rotatable bonds is 5. The molecule has 3 rings (SSSR count). The minimum Gasteiger partial charge on any atom is -0.381 e. The van der Waals surface area contributed by atoms with Gasteiger partial charge in [0.2, 0.25) is 0 Å². The summed E-state index contributed by atoms with van der Waals surface area (Å²) in [4.78, 5) is 2.50. The van der Waals surface area contributed by atoms with Crippen LogP contribution in [0.25, 0.3) is 0 Å². The van der Waals surface area contributed by atoms with Crippen LogP contribution in [0.15, 0.2) is 24.3 Å². The van der Waals surface area contributed by atoms with E-state index < -0.39 is 0 Å². The van der Waals surface area contributed by atoms with Crippen molar-refractivity contribution in [2.75, 3.05) is 43.1 Å². The average Bonchev–Trinajstić information content (AvgIpc) is 3.03. The molecule has 4 heteroatoms. The van der Waals surface area contributed by atoms with Gasteiger partial charge in [0, 0.05) is 31.7 Å². The smallest absolute Gasteiger partial charge is 0.0621 e. The summed E-state index contributed by atoms with van der Waals surface area (Å²) >= 11 is 0. The maximum absolute atomic E-state index is 5.54. The lowest BCUT2D eigenvalue weighted by Gasteiger charge is -2.28. The summed E-state index contributed by atoms with van der Waals surface area (Å²) in [5, 5.41) is 7.23. The molecular weight excluding hydrogens is 262 g/mol. The van der Waals surface area contributed by atoms with Crippen molar-refractivity contribution in [2.24, 2.45) is 0 Å². The summed E-state index contributed by atoms with van der Waals surface area (Å²) in [6.07, 6.45) is 3.72. The molecule has 116 valence electrons. The minimum absolute atomic E-state index is 0.438. The molecule has 4 nitrogen and oxygen atoms in total. The Labute approximate surface area is 127 Å². The van der Waals surface area contributed by atoms with Crippen molar-refractivity contribution in [3.05, 3.63) is 24.3 Å². The minimum atomic E-state index is 0.438. The molecule has 2 aliphatic rings. The van der Waals surface area contributed by atoms with Crippen LogP contribution >= 0.6 is 0 Å². The lowest BCUT2D eigenvalue weighted by molar-refractivity contribution is 0.0731. The number of nitrogens with zero attached hydrogens (tertiary/aromatic N) is 1. The third-order valence-electron chi connectivity index (χ3n) is 4.39. The Morgan fingerprint density at radius 2 is 2.14 bits per heavy atom. The summed E-state index contributed by atoms with van der Waals surface area (Å²) < 4.78 is 5.54. The first-order valence-electron chi connectivity index (χ1n) is 8.24. The molecule has 2 unspecified atom stereocenters. The normalized spacial score (nSPS) is 24.0. The molecule has 1 aromatic carbocycles. The van der Waals surface area contributed by atoms with Crippen LogP contribution in [0.5, 0.6) is 0 Å². The van der Waals surface area contributed by atoms with Gasteiger partial charge in [-0.25, -0.2) is 0 Å². The van der Waals surface area contributed by atoms with Crippen molar-refractivity contribution >= 4 is 11.4 Å². The van der Waals surface area contributed by atoms with Crippen molar-refractivity contribution < 1.29 is 4.74 Å². The highest BCUT2D eigenvalue weighted by Crippen LogP contribution is 2.29. The molecule has 0 aromatic heterocycles. The van der Waals surface area contributed by atoms with Crippen molar-refractivity contribution in [3.63, 3.8) is 0 Å². The van der Waals surface area contributed by atoms with Gasteiger partial charge in [-0.2, -0.15) is 0 Å². The molecule has 0 saturated carbocycles. The largest absolute Gasteiger partial charge is 0.381 e. The highest BCUT2D eigenvalue weighted by molar-refractivity contribution is 5.70. The molecule has 0 aliphatic carbocycles. The first-order chi connectivity index (χ1) is 10.3. The molecule has 2 atom stereocenters. The van der Waals surface area contributed by atoms with Gasteiger partial charge in [0.1, 0.15) is 0 Å². The fourth-order valence-corrected chi connectivity index (χ4v) is 3.35. The van der Waals surface area contributed by atoms with Gasteiger partial charge in [0.05, 0.1) is 24.6 Å². The third-order valence-corrected chi connectivity index (χ3v) is 4.39. The highest BCUT2D eigenvalue weighted by Gasteiger charge is 2.19. The zero-order valence-electron chi connectivity index (χ0n) is 13.0. The molecule has 21 heavy (non-hydrogen) atoms. The molecule has 1 aromatic rings. The SMILES string of the molecule is CC(CC1COCCN1)Nc1ccccc1N1CCCC1. The first kappa shape index (κ1) is 14.7. The Bertz CT molecular complexity index is 439. The zero-order valence-corrected chi connectivity index (χ0v) is 13.0. The van der Waals surface area contributed by atoms with E-state index in [4.69, 9.17) is 4.74 Å². The number of nitrogens with one attached hydrogen (secondary N) is 2. The number of hydrogen-bond acceptors (Lipinski definition) is 4. The van der Waals surface area contributed by atoms with Crippen molar-refractivity contribution in [1.29, 1.82) is 0 Å². The van der Waals surface area contributed by atoms with Crippen molar-refractivity contribution in [2.45, 2.75) is 38.3 Å². The van der Waals surface area contributed by atoms with Crippen molar-refractivity contribution in [3.8, 4) is 0 Å². The maximum atomic E-state index is 5.54. The van der Waals surface area contributed by atoms with E-state index in [9.17, 15) is 0 Å². The lowest BCUT2D eigenvalue weighted by Crippen LogP contribution is -2.43. The Morgan fingerprint density at radius 3 is 2.90 bits per heavy atom. The van der Waals surface area contributed by atoms with Crippen LogP contribution in [0.3, 0.4) is 0 Å². The van der Waals surface area contributed by atoms with E-state index in [0.717, 1.165) is 26.2 Å². The Balaban J connectivity index is 1.60. The van der Waals surface area contributed by atoms with Gasteiger partial charge in [-0.3, -0.25) is 0 Å². The lowest BCUT2D eigenvalue weighted by atomic mass is 10.1. The maximum Gasteiger partial charge on any atom is 0.0621 e. The molecule has 2 N–H and O–H groups in total. The second-order valence-corrected chi connectivity index (χ2v) is 6.22. The number of hydrogen-bond donors (Lipinski definition) is 2. The van der Waals surface area contributed by atoms with Gasteiger partial charge < -0.3 is 20.3 Å². The molecule has 2 heterocycles. The second kappa shape index (κ2) is 7.14. The fraction of sp³-hybridized carbons (Fsp3) is 0.647. The third kappa shape index (κ3) is 3.89. The van der Waals surface area contributed by atoms with Gasteiger partial charge >= 0.3 is 0 Å². The van der Waals surface area contributed by atoms with Crippen LogP contribution < -0.4 is 15.5 Å². The fourth-order valence-electron chi connectivity index (χ4n) is 3.35. The Hall–Kier alpha value is -1.26. The monoisotopic (exact) mass is 289 g/mol. The average molecular weight is 289 g/mol. The van der Waals surface area contributed by atoms with E-state index in [1.807, 2.05) is 0 Å². The van der Waals surface area contributed by atoms with E-state index in [1.165, 1.54) is 37.3 Å². The van der Waals surface area contributed by atoms with Crippen LogP contribution in [0.1, 0.15) is 26.2 Å². The molecule has 0 radical (unpaired) electrons. The molecule has 2 saturated heterocycles. The zero-order chi connectivity index (χ0) is 14.5. The Kier molecular flexibility index (Phi) is 4.99. The summed E-state index contributed by atoms with van der Waals surface area (Å²) in [5.41, 5.74) is 2.62. The van der Waals surface area contributed by atoms with Gasteiger partial charge in [-0.15, -0.1) is 0 Å². The number of anilines is 2. The summed E-state index contributed by atoms with van der Waals surface area (Å²) in [6, 6.07) is 9.61. The molecule has 0 amide bonds. The van der Waals surface area contributed by atoms with Crippen LogP contribution in [-0.4, -0.2) is 44.9 Å². The van der Waals surface area contributed by atoms with Crippen molar-refractivity contribution in [1.82, 2.24) is 5.32 Å². The molecule has 2 aliphatic heterocycles. The van der Waals surface area contributed by atoms with Crippen LogP contribution in [-0.2, 0) is 4.74 Å². The van der Waals surface area contributed by atoms with Crippen LogP contribution in [0.4, 0.5) is 11.4 Å². The number of morpholine rings is 1. The molecule has 0 bridgehead atoms. The van der Waals surface area contributed by atoms with E-state index >= 15 is 0 Å².